The Bertz CT molecular complexity index is 1230. The monoisotopic (exact) mass is 494 g/mol. The molecule has 0 bridgehead atoms. The quantitative estimate of drug-likeness (QED) is 0.689. The van der Waals surface area contributed by atoms with Crippen LogP contribution < -0.4 is 9.62 Å². The second kappa shape index (κ2) is 9.12. The van der Waals surface area contributed by atoms with Crippen molar-refractivity contribution in [3.05, 3.63) is 58.9 Å². The van der Waals surface area contributed by atoms with Gasteiger partial charge in [-0.3, -0.25) is 14.7 Å². The molecule has 1 N–H and O–H groups in total. The van der Waals surface area contributed by atoms with E-state index in [1.807, 2.05) is 0 Å². The van der Waals surface area contributed by atoms with Gasteiger partial charge in [0.15, 0.2) is 5.78 Å². The zero-order chi connectivity index (χ0) is 24.7. The predicted molar refractivity (Wildman–Crippen MR) is 122 cm³/mol. The summed E-state index contributed by atoms with van der Waals surface area (Å²) in [6.07, 6.45) is -3.39. The fourth-order valence-electron chi connectivity index (χ4n) is 4.45. The number of pyridine rings is 1. The third kappa shape index (κ3) is 4.86. The maximum Gasteiger partial charge on any atom is 0.420 e. The van der Waals surface area contributed by atoms with Gasteiger partial charge in [0.25, 0.3) is 0 Å². The van der Waals surface area contributed by atoms with Crippen LogP contribution in [0.1, 0.15) is 23.7 Å². The van der Waals surface area contributed by atoms with Gasteiger partial charge in [-0.15, -0.1) is 0 Å². The summed E-state index contributed by atoms with van der Waals surface area (Å²) >= 11 is 0. The molecule has 4 rings (SSSR count). The number of alkyl halides is 3. The average Bonchev–Trinajstić information content (AvgIpc) is 2.78. The molecular weight excluding hydrogens is 469 g/mol. The smallest absolute Gasteiger partial charge is 0.369 e. The summed E-state index contributed by atoms with van der Waals surface area (Å²) in [7, 11) is -2.10. The molecule has 2 aromatic rings. The molecule has 0 unspecified atom stereocenters. The number of piperazine rings is 1. The highest BCUT2D eigenvalue weighted by Crippen LogP contribution is 2.37. The van der Waals surface area contributed by atoms with E-state index in [1.54, 1.807) is 36.5 Å². The largest absolute Gasteiger partial charge is 0.420 e. The molecule has 11 heteroatoms. The van der Waals surface area contributed by atoms with Gasteiger partial charge >= 0.3 is 6.18 Å². The van der Waals surface area contributed by atoms with Crippen molar-refractivity contribution in [2.45, 2.75) is 31.0 Å². The average molecular weight is 495 g/mol. The van der Waals surface area contributed by atoms with Crippen molar-refractivity contribution in [3.63, 3.8) is 0 Å². The molecule has 0 spiro atoms. The summed E-state index contributed by atoms with van der Waals surface area (Å²) in [5.41, 5.74) is 1.34. The molecule has 1 saturated heterocycles. The number of hydrogen-bond donors (Lipinski definition) is 1. The lowest BCUT2D eigenvalue weighted by Crippen LogP contribution is -2.46. The Balaban J connectivity index is 1.40. The van der Waals surface area contributed by atoms with E-state index in [0.29, 0.717) is 12.1 Å². The van der Waals surface area contributed by atoms with E-state index >= 15 is 0 Å². The number of nitrogens with zero attached hydrogens (tertiary/aromatic N) is 3. The summed E-state index contributed by atoms with van der Waals surface area (Å²) in [6, 6.07) is 8.51. The first-order valence-electron chi connectivity index (χ1n) is 10.8. The molecule has 0 saturated carbocycles. The number of hydrogen-bond acceptors (Lipinski definition) is 6. The van der Waals surface area contributed by atoms with Crippen LogP contribution >= 0.6 is 0 Å². The zero-order valence-electron chi connectivity index (χ0n) is 18.8. The molecule has 0 atom stereocenters. The number of anilines is 1. The Hall–Kier alpha value is -2.76. The van der Waals surface area contributed by atoms with Gasteiger partial charge in [-0.1, -0.05) is 6.07 Å². The Morgan fingerprint density at radius 3 is 2.32 bits per heavy atom. The van der Waals surface area contributed by atoms with E-state index in [4.69, 9.17) is 0 Å². The van der Waals surface area contributed by atoms with Crippen molar-refractivity contribution >= 4 is 27.1 Å². The van der Waals surface area contributed by atoms with Crippen LogP contribution in [0.2, 0.25) is 0 Å². The van der Waals surface area contributed by atoms with Crippen LogP contribution in [0.5, 0.6) is 0 Å². The predicted octanol–water partition coefficient (Wildman–Crippen LogP) is 2.77. The molecule has 182 valence electrons. The van der Waals surface area contributed by atoms with Crippen molar-refractivity contribution in [1.82, 2.24) is 14.6 Å². The van der Waals surface area contributed by atoms with Crippen molar-refractivity contribution < 1.29 is 26.4 Å². The van der Waals surface area contributed by atoms with Gasteiger partial charge in [0.1, 0.15) is 5.57 Å². The molecule has 7 nitrogen and oxygen atoms in total. The Kier molecular flexibility index (Phi) is 6.54. The molecule has 1 aromatic carbocycles. The Morgan fingerprint density at radius 1 is 1.09 bits per heavy atom. The van der Waals surface area contributed by atoms with E-state index in [9.17, 15) is 26.4 Å². The molecule has 2 heterocycles. The third-order valence-electron chi connectivity index (χ3n) is 6.23. The molecule has 2 aliphatic rings. The number of benzene rings is 1. The number of halogens is 3. The minimum atomic E-state index is -4.68. The number of ketones is 1. The van der Waals surface area contributed by atoms with Crippen LogP contribution in [0.25, 0.3) is 5.57 Å². The third-order valence-corrected chi connectivity index (χ3v) is 7.66. The summed E-state index contributed by atoms with van der Waals surface area (Å²) in [6.45, 7) is 4.87. The Morgan fingerprint density at radius 2 is 1.74 bits per heavy atom. The number of rotatable bonds is 5. The first-order chi connectivity index (χ1) is 16.0. The topological polar surface area (TPSA) is 82.6 Å². The number of carbonyl (C=O) groups excluding carboxylic acids is 1. The van der Waals surface area contributed by atoms with Crippen molar-refractivity contribution in [1.29, 1.82) is 0 Å². The van der Waals surface area contributed by atoms with Gasteiger partial charge in [-0.25, -0.2) is 13.1 Å². The first kappa shape index (κ1) is 24.4. The van der Waals surface area contributed by atoms with Gasteiger partial charge in [0, 0.05) is 51.0 Å². The number of nitrogens with one attached hydrogen (secondary N) is 1. The molecule has 0 radical (unpaired) electrons. The standard InChI is InChI=1S/C23H25F3N4O3S/c1-15-21(23(24,25)26)20(31)12-17-11-16(13-28-22(15)17)14-29-7-9-30(10-8-29)18-3-5-19(6-4-18)34(32,33)27-2/h3-6,11,13,27H,7-10,12,14H2,1-2H3. The molecule has 1 aliphatic heterocycles. The van der Waals surface area contributed by atoms with E-state index in [1.165, 1.54) is 14.0 Å². The lowest BCUT2D eigenvalue weighted by atomic mass is 9.88. The van der Waals surface area contributed by atoms with Crippen molar-refractivity contribution in [2.75, 3.05) is 38.1 Å². The summed E-state index contributed by atoms with van der Waals surface area (Å²) in [5.74, 6) is -0.918. The van der Waals surface area contributed by atoms with Gasteiger partial charge in [-0.05, 0) is 54.9 Å². The number of fused-ring (bicyclic) bond motifs is 1. The highest BCUT2D eigenvalue weighted by atomic mass is 32.2. The molecule has 1 aliphatic carbocycles. The SMILES string of the molecule is CNS(=O)(=O)c1ccc(N2CCN(Cc3cnc4c(c3)CC(=O)C(C(F)(F)F)=C4C)CC2)cc1. The van der Waals surface area contributed by atoms with Crippen LogP contribution in [-0.4, -0.2) is 63.5 Å². The maximum atomic E-state index is 13.2. The number of carbonyl (C=O) groups is 1. The van der Waals surface area contributed by atoms with Gasteiger partial charge in [0.2, 0.25) is 10.0 Å². The summed E-state index contributed by atoms with van der Waals surface area (Å²) < 4.78 is 65.7. The zero-order valence-corrected chi connectivity index (χ0v) is 19.6. The minimum Gasteiger partial charge on any atom is -0.369 e. The number of aromatic nitrogens is 1. The van der Waals surface area contributed by atoms with Crippen molar-refractivity contribution in [3.8, 4) is 0 Å². The van der Waals surface area contributed by atoms with E-state index in [0.717, 1.165) is 37.4 Å². The van der Waals surface area contributed by atoms with Gasteiger partial charge in [0.05, 0.1) is 10.6 Å². The molecule has 1 fully saturated rings. The summed E-state index contributed by atoms with van der Waals surface area (Å²) in [5, 5.41) is 0. The van der Waals surface area contributed by atoms with Crippen LogP contribution in [0.15, 0.2) is 47.0 Å². The van der Waals surface area contributed by atoms with Gasteiger partial charge in [-0.2, -0.15) is 13.2 Å². The molecule has 34 heavy (non-hydrogen) atoms. The van der Waals surface area contributed by atoms with Gasteiger partial charge < -0.3 is 4.90 Å². The summed E-state index contributed by atoms with van der Waals surface area (Å²) in [4.78, 5) is 21.0. The molecule has 1 aromatic heterocycles. The molecule has 0 amide bonds. The minimum absolute atomic E-state index is 0.118. The van der Waals surface area contributed by atoms with E-state index in [-0.39, 0.29) is 22.6 Å². The van der Waals surface area contributed by atoms with Crippen molar-refractivity contribution in [2.24, 2.45) is 0 Å². The second-order valence-corrected chi connectivity index (χ2v) is 10.3. The number of sulfonamides is 1. The number of Topliss-reactive ketones (excluding diaryl/α,β-unsaturated/α-hetero) is 1. The highest BCUT2D eigenvalue weighted by Gasteiger charge is 2.42. The first-order valence-corrected chi connectivity index (χ1v) is 12.3. The highest BCUT2D eigenvalue weighted by molar-refractivity contribution is 7.89. The second-order valence-electron chi connectivity index (χ2n) is 8.41. The fourth-order valence-corrected chi connectivity index (χ4v) is 5.18. The van der Waals surface area contributed by atoms with E-state index in [2.05, 4.69) is 19.5 Å². The molecular formula is C23H25F3N4O3S. The Labute approximate surface area is 196 Å². The van der Waals surface area contributed by atoms with Crippen LogP contribution in [0.4, 0.5) is 18.9 Å². The van der Waals surface area contributed by atoms with Crippen LogP contribution in [0, 0.1) is 0 Å². The number of allylic oxidation sites excluding steroid dienone is 2. The van der Waals surface area contributed by atoms with E-state index < -0.39 is 27.6 Å². The van der Waals surface area contributed by atoms with Crippen LogP contribution in [-0.2, 0) is 27.8 Å². The van der Waals surface area contributed by atoms with Crippen LogP contribution in [0.3, 0.4) is 0 Å². The lowest BCUT2D eigenvalue weighted by Gasteiger charge is -2.36. The normalized spacial score (nSPS) is 17.8. The lowest BCUT2D eigenvalue weighted by molar-refractivity contribution is -0.128. The maximum absolute atomic E-state index is 13.2. The fraction of sp³-hybridized carbons (Fsp3) is 0.391.